The fourth-order valence-electron chi connectivity index (χ4n) is 0.0875. The van der Waals surface area contributed by atoms with Crippen molar-refractivity contribution in [3.63, 3.8) is 0 Å². The van der Waals surface area contributed by atoms with Crippen LogP contribution in [0, 0.1) is 0 Å². The van der Waals surface area contributed by atoms with Crippen molar-refractivity contribution in [3.05, 3.63) is 0 Å². The van der Waals surface area contributed by atoms with Gasteiger partial charge in [0.1, 0.15) is 0 Å². The molecule has 0 amide bonds. The fraction of sp³-hybridized carbons (Fsp3) is 1.00. The number of rotatable bonds is 1. The molecule has 0 heterocycles. The van der Waals surface area contributed by atoms with E-state index in [4.69, 9.17) is 0 Å². The topological polar surface area (TPSA) is 0 Å². The molecule has 0 rings (SSSR count). The van der Waals surface area contributed by atoms with Crippen LogP contribution in [-0.2, 0) is 0 Å². The van der Waals surface area contributed by atoms with E-state index in [2.05, 4.69) is 15.9 Å². The molecule has 5 heteroatoms. The number of halogens is 5. The smallest absolute Gasteiger partial charge is 0.237 e. The van der Waals surface area contributed by atoms with Gasteiger partial charge in [-0.15, -0.1) is 0 Å². The van der Waals surface area contributed by atoms with Crippen LogP contribution < -0.4 is 0 Å². The summed E-state index contributed by atoms with van der Waals surface area (Å²) in [5.74, 6) is 0. The lowest BCUT2D eigenvalue weighted by Gasteiger charge is -2.07. The summed E-state index contributed by atoms with van der Waals surface area (Å²) in [6, 6.07) is 0. The molecule has 0 aliphatic carbocycles. The monoisotopic (exact) mass is 194 g/mol. The Morgan fingerprint density at radius 2 is 1.75 bits per heavy atom. The average molecular weight is 195 g/mol. The maximum absolute atomic E-state index is 11.5. The van der Waals surface area contributed by atoms with Crippen molar-refractivity contribution < 1.29 is 17.6 Å². The highest BCUT2D eigenvalue weighted by Crippen LogP contribution is 2.23. The molecule has 0 nitrogen and oxygen atoms in total. The van der Waals surface area contributed by atoms with Gasteiger partial charge in [0.05, 0.1) is 0 Å². The molecule has 0 fully saturated rings. The van der Waals surface area contributed by atoms with Gasteiger partial charge in [-0.3, -0.25) is 0 Å². The highest BCUT2D eigenvalue weighted by atomic mass is 79.9. The number of hydrogen-bond donors (Lipinski definition) is 0. The Morgan fingerprint density at radius 1 is 1.38 bits per heavy atom. The molecule has 8 heavy (non-hydrogen) atoms. The van der Waals surface area contributed by atoms with Gasteiger partial charge >= 0.3 is 6.18 Å². The van der Waals surface area contributed by atoms with Crippen molar-refractivity contribution >= 4 is 15.9 Å². The minimum Gasteiger partial charge on any atom is -0.237 e. The van der Waals surface area contributed by atoms with Gasteiger partial charge in [-0.2, -0.15) is 13.2 Å². The summed E-state index contributed by atoms with van der Waals surface area (Å²) in [5, 5.41) is -0.684. The molecule has 0 saturated heterocycles. The highest BCUT2D eigenvalue weighted by Gasteiger charge is 2.38. The lowest BCUT2D eigenvalue weighted by molar-refractivity contribution is -0.173. The molecule has 0 aliphatic rings. The maximum Gasteiger partial charge on any atom is 0.420 e. The molecule has 0 bridgehead atoms. The first-order valence-electron chi connectivity index (χ1n) is 1.75. The Labute approximate surface area is 52.0 Å². The van der Waals surface area contributed by atoms with Gasteiger partial charge in [-0.25, -0.2) is 4.39 Å². The van der Waals surface area contributed by atoms with Crippen LogP contribution in [0.4, 0.5) is 17.6 Å². The van der Waals surface area contributed by atoms with Crippen molar-refractivity contribution in [2.75, 3.05) is 5.33 Å². The highest BCUT2D eigenvalue weighted by molar-refractivity contribution is 9.09. The van der Waals surface area contributed by atoms with Crippen molar-refractivity contribution in [2.45, 2.75) is 12.3 Å². The predicted molar refractivity (Wildman–Crippen MR) is 24.7 cm³/mol. The molecule has 0 spiro atoms. The van der Waals surface area contributed by atoms with Gasteiger partial charge in [-0.1, -0.05) is 15.9 Å². The van der Waals surface area contributed by atoms with E-state index in [1.807, 2.05) is 0 Å². The quantitative estimate of drug-likeness (QED) is 0.444. The van der Waals surface area contributed by atoms with Gasteiger partial charge in [0, 0.05) is 5.33 Å². The normalized spacial score (nSPS) is 16.1. The summed E-state index contributed by atoms with van der Waals surface area (Å²) in [4.78, 5) is 0. The molecule has 0 aromatic rings. The van der Waals surface area contributed by atoms with Crippen LogP contribution in [0.5, 0.6) is 0 Å². The molecule has 0 N–H and O–H groups in total. The van der Waals surface area contributed by atoms with Crippen molar-refractivity contribution in [3.8, 4) is 0 Å². The van der Waals surface area contributed by atoms with Crippen molar-refractivity contribution in [2.24, 2.45) is 0 Å². The maximum atomic E-state index is 11.5. The summed E-state index contributed by atoms with van der Waals surface area (Å²) >= 11 is 2.36. The van der Waals surface area contributed by atoms with E-state index in [-0.39, 0.29) is 0 Å². The van der Waals surface area contributed by atoms with Crippen LogP contribution in [0.25, 0.3) is 0 Å². The first-order chi connectivity index (χ1) is 3.48. The fourth-order valence-corrected chi connectivity index (χ4v) is 0.455. The molecular weight excluding hydrogens is 192 g/mol. The summed E-state index contributed by atoms with van der Waals surface area (Å²) in [6.45, 7) is 0. The zero-order valence-corrected chi connectivity index (χ0v) is 5.26. The van der Waals surface area contributed by atoms with E-state index in [9.17, 15) is 17.6 Å². The van der Waals surface area contributed by atoms with Gasteiger partial charge in [0.2, 0.25) is 6.17 Å². The second kappa shape index (κ2) is 2.66. The van der Waals surface area contributed by atoms with Crippen LogP contribution in [0.2, 0.25) is 0 Å². The molecule has 0 aliphatic heterocycles. The lowest BCUT2D eigenvalue weighted by Crippen LogP contribution is -2.25. The molecule has 1 atom stereocenters. The third-order valence-electron chi connectivity index (χ3n) is 0.491. The van der Waals surface area contributed by atoms with E-state index in [0.29, 0.717) is 0 Å². The van der Waals surface area contributed by atoms with E-state index >= 15 is 0 Å². The van der Waals surface area contributed by atoms with Crippen LogP contribution >= 0.6 is 15.9 Å². The van der Waals surface area contributed by atoms with Crippen molar-refractivity contribution in [1.29, 1.82) is 0 Å². The van der Waals surface area contributed by atoms with Crippen LogP contribution in [-0.4, -0.2) is 17.7 Å². The first kappa shape index (κ1) is 8.20. The second-order valence-corrected chi connectivity index (χ2v) is 1.81. The Hall–Kier alpha value is 0.200. The summed E-state index contributed by atoms with van der Waals surface area (Å²) in [6.07, 6.45) is -7.44. The third kappa shape index (κ3) is 2.49. The summed E-state index contributed by atoms with van der Waals surface area (Å²) in [5.41, 5.74) is 0. The van der Waals surface area contributed by atoms with E-state index < -0.39 is 17.7 Å². The Morgan fingerprint density at radius 3 is 1.75 bits per heavy atom. The van der Waals surface area contributed by atoms with Gasteiger partial charge in [0.25, 0.3) is 0 Å². The van der Waals surface area contributed by atoms with Crippen LogP contribution in [0.3, 0.4) is 0 Å². The summed E-state index contributed by atoms with van der Waals surface area (Å²) < 4.78 is 44.6. The Balaban J connectivity index is 3.62. The Kier molecular flexibility index (Phi) is 2.73. The van der Waals surface area contributed by atoms with Gasteiger partial charge < -0.3 is 0 Å². The number of hydrogen-bond acceptors (Lipinski definition) is 0. The van der Waals surface area contributed by atoms with Crippen LogP contribution in [0.15, 0.2) is 0 Å². The minimum atomic E-state index is -4.70. The molecule has 50 valence electrons. The summed E-state index contributed by atoms with van der Waals surface area (Å²) in [7, 11) is 0. The van der Waals surface area contributed by atoms with E-state index in [1.54, 1.807) is 0 Å². The standard InChI is InChI=1S/C3H3BrF4/c4-1-2(5)3(6,7)8/h2H,1H2/t2-/m0/s1. The molecular formula is C3H3BrF4. The minimum absolute atomic E-state index is 0.684. The lowest BCUT2D eigenvalue weighted by atomic mass is 10.4. The second-order valence-electron chi connectivity index (χ2n) is 1.16. The molecule has 0 saturated carbocycles. The first-order valence-corrected chi connectivity index (χ1v) is 2.87. The Bertz CT molecular complexity index is 68.2. The molecule has 0 unspecified atom stereocenters. The zero-order valence-electron chi connectivity index (χ0n) is 3.67. The average Bonchev–Trinajstić information content (AvgIpc) is 1.62. The zero-order chi connectivity index (χ0) is 6.78. The predicted octanol–water partition coefficient (Wildman–Crippen LogP) is 2.28. The third-order valence-corrected chi connectivity index (χ3v) is 1.06. The molecule has 0 radical (unpaired) electrons. The van der Waals surface area contributed by atoms with E-state index in [0.717, 1.165) is 0 Å². The van der Waals surface area contributed by atoms with E-state index in [1.165, 1.54) is 0 Å². The van der Waals surface area contributed by atoms with Gasteiger partial charge in [0.15, 0.2) is 0 Å². The molecule has 0 aromatic heterocycles. The van der Waals surface area contributed by atoms with Gasteiger partial charge in [-0.05, 0) is 0 Å². The van der Waals surface area contributed by atoms with Crippen LogP contribution in [0.1, 0.15) is 0 Å². The SMILES string of the molecule is F[C@@H](CBr)C(F)(F)F. The number of alkyl halides is 5. The molecule has 0 aromatic carbocycles. The largest absolute Gasteiger partial charge is 0.420 e. The van der Waals surface area contributed by atoms with Crippen molar-refractivity contribution in [1.82, 2.24) is 0 Å².